The fourth-order valence-corrected chi connectivity index (χ4v) is 2.74. The minimum absolute atomic E-state index is 0.0979. The summed E-state index contributed by atoms with van der Waals surface area (Å²) in [7, 11) is 0. The van der Waals surface area contributed by atoms with E-state index in [2.05, 4.69) is 0 Å². The normalized spacial score (nSPS) is 21.3. The maximum Gasteiger partial charge on any atom is 0.270 e. The Balaban J connectivity index is 1.79. The Morgan fingerprint density at radius 1 is 1.28 bits per heavy atom. The van der Waals surface area contributed by atoms with Gasteiger partial charge in [-0.3, -0.25) is 4.79 Å². The first-order chi connectivity index (χ1) is 8.65. The van der Waals surface area contributed by atoms with E-state index in [0.29, 0.717) is 11.1 Å². The van der Waals surface area contributed by atoms with Crippen LogP contribution in [0.2, 0.25) is 5.02 Å². The summed E-state index contributed by atoms with van der Waals surface area (Å²) < 4.78 is 2.04. The molecule has 1 amide bonds. The van der Waals surface area contributed by atoms with Gasteiger partial charge in [-0.1, -0.05) is 11.6 Å². The predicted molar refractivity (Wildman–Crippen MR) is 70.8 cm³/mol. The number of halogens is 1. The van der Waals surface area contributed by atoms with Crippen LogP contribution in [-0.2, 0) is 0 Å². The van der Waals surface area contributed by atoms with Gasteiger partial charge in [-0.15, -0.1) is 0 Å². The van der Waals surface area contributed by atoms with Crippen LogP contribution in [0.1, 0.15) is 42.2 Å². The highest BCUT2D eigenvalue weighted by Crippen LogP contribution is 2.37. The Kier molecular flexibility index (Phi) is 3.08. The molecule has 2 fully saturated rings. The summed E-state index contributed by atoms with van der Waals surface area (Å²) in [5, 5.41) is 0.652. The number of rotatable bonds is 2. The molecule has 3 rings (SSSR count). The lowest BCUT2D eigenvalue weighted by Crippen LogP contribution is -2.43. The van der Waals surface area contributed by atoms with Crippen molar-refractivity contribution in [3.63, 3.8) is 0 Å². The number of likely N-dealkylation sites (tertiary alicyclic amines) is 1. The molecule has 98 valence electrons. The Bertz CT molecular complexity index is 459. The molecule has 1 saturated carbocycles. The highest BCUT2D eigenvalue weighted by molar-refractivity contribution is 6.31. The first-order valence-electron chi connectivity index (χ1n) is 6.57. The summed E-state index contributed by atoms with van der Waals surface area (Å²) in [4.78, 5) is 14.4. The van der Waals surface area contributed by atoms with Crippen LogP contribution < -0.4 is 5.73 Å². The van der Waals surface area contributed by atoms with E-state index in [1.54, 1.807) is 6.07 Å². The number of carbonyl (C=O) groups is 1. The van der Waals surface area contributed by atoms with Crippen molar-refractivity contribution in [2.45, 2.75) is 37.8 Å². The van der Waals surface area contributed by atoms with Crippen molar-refractivity contribution < 1.29 is 4.79 Å². The standard InChI is InChI=1S/C13H18ClN3O/c14-9-7-12(17(8-9)11-1-2-11)13(18)16-5-3-10(15)4-6-16/h7-8,10-11H,1-6,15H2. The minimum Gasteiger partial charge on any atom is -0.339 e. The molecule has 0 atom stereocenters. The number of aromatic nitrogens is 1. The maximum atomic E-state index is 12.5. The third kappa shape index (κ3) is 2.27. The molecule has 0 spiro atoms. The third-order valence-electron chi connectivity index (χ3n) is 3.80. The van der Waals surface area contributed by atoms with Crippen LogP contribution in [0.25, 0.3) is 0 Å². The number of hydrogen-bond donors (Lipinski definition) is 1. The van der Waals surface area contributed by atoms with E-state index in [4.69, 9.17) is 17.3 Å². The molecule has 2 N–H and O–H groups in total. The monoisotopic (exact) mass is 267 g/mol. The minimum atomic E-state index is 0.0979. The van der Waals surface area contributed by atoms with Crippen LogP contribution in [0.4, 0.5) is 0 Å². The van der Waals surface area contributed by atoms with Crippen LogP contribution in [0.5, 0.6) is 0 Å². The van der Waals surface area contributed by atoms with E-state index in [-0.39, 0.29) is 11.9 Å². The first-order valence-corrected chi connectivity index (χ1v) is 6.95. The van der Waals surface area contributed by atoms with Gasteiger partial charge in [-0.25, -0.2) is 0 Å². The Labute approximate surface area is 112 Å². The topological polar surface area (TPSA) is 51.3 Å². The zero-order chi connectivity index (χ0) is 12.7. The van der Waals surface area contributed by atoms with Crippen molar-refractivity contribution in [1.29, 1.82) is 0 Å². The molecule has 1 aromatic rings. The summed E-state index contributed by atoms with van der Waals surface area (Å²) in [5.41, 5.74) is 6.60. The molecule has 1 aliphatic heterocycles. The molecular formula is C13H18ClN3O. The lowest BCUT2D eigenvalue weighted by molar-refractivity contribution is 0.0703. The van der Waals surface area contributed by atoms with Gasteiger partial charge < -0.3 is 15.2 Å². The molecule has 0 radical (unpaired) electrons. The lowest BCUT2D eigenvalue weighted by atomic mass is 10.1. The quantitative estimate of drug-likeness (QED) is 0.892. The molecule has 2 heterocycles. The average molecular weight is 268 g/mol. The fourth-order valence-electron chi connectivity index (χ4n) is 2.54. The number of nitrogens with two attached hydrogens (primary N) is 1. The van der Waals surface area contributed by atoms with Gasteiger partial charge in [-0.05, 0) is 31.7 Å². The van der Waals surface area contributed by atoms with Crippen LogP contribution >= 0.6 is 11.6 Å². The van der Waals surface area contributed by atoms with Gasteiger partial charge in [0.25, 0.3) is 5.91 Å². The molecule has 4 nitrogen and oxygen atoms in total. The van der Waals surface area contributed by atoms with Crippen molar-refractivity contribution in [3.8, 4) is 0 Å². The maximum absolute atomic E-state index is 12.5. The van der Waals surface area contributed by atoms with Crippen molar-refractivity contribution in [3.05, 3.63) is 23.0 Å². The smallest absolute Gasteiger partial charge is 0.270 e. The van der Waals surface area contributed by atoms with Crippen molar-refractivity contribution >= 4 is 17.5 Å². The number of piperidine rings is 1. The van der Waals surface area contributed by atoms with Gasteiger partial charge in [0.15, 0.2) is 0 Å². The molecule has 1 aliphatic carbocycles. The second-order valence-corrected chi connectivity index (χ2v) is 5.75. The van der Waals surface area contributed by atoms with Crippen LogP contribution in [-0.4, -0.2) is 34.5 Å². The van der Waals surface area contributed by atoms with Crippen molar-refractivity contribution in [2.24, 2.45) is 5.73 Å². The number of carbonyl (C=O) groups excluding carboxylic acids is 1. The van der Waals surface area contributed by atoms with E-state index in [0.717, 1.165) is 44.5 Å². The second kappa shape index (κ2) is 4.59. The molecule has 0 aromatic carbocycles. The van der Waals surface area contributed by atoms with E-state index in [1.165, 1.54) is 0 Å². The van der Waals surface area contributed by atoms with Crippen LogP contribution in [0.15, 0.2) is 12.3 Å². The van der Waals surface area contributed by atoms with Gasteiger partial charge in [0, 0.05) is 31.4 Å². The number of nitrogens with zero attached hydrogens (tertiary/aromatic N) is 2. The first kappa shape index (κ1) is 12.1. The predicted octanol–water partition coefficient (Wildman–Crippen LogP) is 2.04. The summed E-state index contributed by atoms with van der Waals surface area (Å²) in [5.74, 6) is 0.0979. The number of amides is 1. The average Bonchev–Trinajstić information content (AvgIpc) is 3.13. The van der Waals surface area contributed by atoms with Gasteiger partial charge in [0.2, 0.25) is 0 Å². The van der Waals surface area contributed by atoms with Crippen molar-refractivity contribution in [2.75, 3.05) is 13.1 Å². The largest absolute Gasteiger partial charge is 0.339 e. The molecule has 2 aliphatic rings. The highest BCUT2D eigenvalue weighted by atomic mass is 35.5. The lowest BCUT2D eigenvalue weighted by Gasteiger charge is -2.30. The third-order valence-corrected chi connectivity index (χ3v) is 4.01. The molecule has 0 unspecified atom stereocenters. The molecule has 0 bridgehead atoms. The molecule has 18 heavy (non-hydrogen) atoms. The van der Waals surface area contributed by atoms with Crippen molar-refractivity contribution in [1.82, 2.24) is 9.47 Å². The van der Waals surface area contributed by atoms with E-state index in [1.807, 2.05) is 15.7 Å². The summed E-state index contributed by atoms with van der Waals surface area (Å²) >= 11 is 6.03. The van der Waals surface area contributed by atoms with Crippen LogP contribution in [0, 0.1) is 0 Å². The molecular weight excluding hydrogens is 250 g/mol. The van der Waals surface area contributed by atoms with Gasteiger partial charge in [0.1, 0.15) is 5.69 Å². The van der Waals surface area contributed by atoms with Gasteiger partial charge in [0.05, 0.1) is 5.02 Å². The number of hydrogen-bond acceptors (Lipinski definition) is 2. The Hall–Kier alpha value is -1.00. The molecule has 1 saturated heterocycles. The highest BCUT2D eigenvalue weighted by Gasteiger charge is 2.30. The van der Waals surface area contributed by atoms with E-state index in [9.17, 15) is 4.79 Å². The Morgan fingerprint density at radius 2 is 1.94 bits per heavy atom. The molecule has 1 aromatic heterocycles. The zero-order valence-corrected chi connectivity index (χ0v) is 11.1. The molecule has 5 heteroatoms. The van der Waals surface area contributed by atoms with Gasteiger partial charge >= 0.3 is 0 Å². The second-order valence-electron chi connectivity index (χ2n) is 5.31. The summed E-state index contributed by atoms with van der Waals surface area (Å²) in [6, 6.07) is 2.51. The van der Waals surface area contributed by atoms with E-state index >= 15 is 0 Å². The summed E-state index contributed by atoms with van der Waals surface area (Å²) in [6.07, 6.45) is 5.96. The van der Waals surface area contributed by atoms with E-state index < -0.39 is 0 Å². The van der Waals surface area contributed by atoms with Crippen LogP contribution in [0.3, 0.4) is 0 Å². The Morgan fingerprint density at radius 3 is 2.56 bits per heavy atom. The zero-order valence-electron chi connectivity index (χ0n) is 10.3. The summed E-state index contributed by atoms with van der Waals surface area (Å²) in [6.45, 7) is 1.51. The van der Waals surface area contributed by atoms with Gasteiger partial charge in [-0.2, -0.15) is 0 Å². The SMILES string of the molecule is NC1CCN(C(=O)c2cc(Cl)cn2C2CC2)CC1. The fraction of sp³-hybridized carbons (Fsp3) is 0.615.